The number of rotatable bonds is 7. The highest BCUT2D eigenvalue weighted by molar-refractivity contribution is 7.89. The van der Waals surface area contributed by atoms with Crippen molar-refractivity contribution < 1.29 is 26.4 Å². The fraction of sp³-hybridized carbons (Fsp3) is 0.316. The number of nitrogens with one attached hydrogen (secondary N) is 2. The first-order valence-corrected chi connectivity index (χ1v) is 10.1. The summed E-state index contributed by atoms with van der Waals surface area (Å²) < 4.78 is 64.5. The number of amides is 1. The molecule has 0 fully saturated rings. The van der Waals surface area contributed by atoms with Gasteiger partial charge < -0.3 is 10.2 Å². The van der Waals surface area contributed by atoms with Gasteiger partial charge in [0.25, 0.3) is 0 Å². The molecule has 2 rings (SSSR count). The maximum atomic E-state index is 12.5. The molecule has 0 spiro atoms. The van der Waals surface area contributed by atoms with Crippen LogP contribution in [0, 0.1) is 6.92 Å². The molecule has 1 amide bonds. The lowest BCUT2D eigenvalue weighted by Gasteiger charge is -2.25. The zero-order valence-corrected chi connectivity index (χ0v) is 16.9. The monoisotopic (exact) mass is 429 g/mol. The summed E-state index contributed by atoms with van der Waals surface area (Å²) in [6.07, 6.45) is -5.02. The van der Waals surface area contributed by atoms with E-state index in [0.717, 1.165) is 35.4 Å². The first-order valence-electron chi connectivity index (χ1n) is 8.61. The number of carbonyl (C=O) groups is 1. The summed E-state index contributed by atoms with van der Waals surface area (Å²) in [7, 11) is -0.230. The van der Waals surface area contributed by atoms with Crippen molar-refractivity contribution in [1.29, 1.82) is 0 Å². The van der Waals surface area contributed by atoms with Crippen LogP contribution >= 0.6 is 0 Å². The average molecular weight is 429 g/mol. The van der Waals surface area contributed by atoms with Gasteiger partial charge in [0.2, 0.25) is 10.0 Å². The van der Waals surface area contributed by atoms with E-state index in [-0.39, 0.29) is 23.2 Å². The van der Waals surface area contributed by atoms with Gasteiger partial charge in [-0.1, -0.05) is 29.8 Å². The molecule has 1 unspecified atom stereocenters. The van der Waals surface area contributed by atoms with E-state index in [9.17, 15) is 26.4 Å². The first kappa shape index (κ1) is 22.9. The number of hydrogen-bond donors (Lipinski definition) is 2. The lowest BCUT2D eigenvalue weighted by atomic mass is 10.0. The predicted molar refractivity (Wildman–Crippen MR) is 104 cm³/mol. The van der Waals surface area contributed by atoms with Crippen LogP contribution in [0.5, 0.6) is 0 Å². The molecule has 2 N–H and O–H groups in total. The fourth-order valence-corrected chi connectivity index (χ4v) is 3.62. The Kier molecular flexibility index (Phi) is 7.04. The highest BCUT2D eigenvalue weighted by atomic mass is 32.2. The zero-order chi connectivity index (χ0) is 21.8. The summed E-state index contributed by atoms with van der Waals surface area (Å²) in [5, 5.41) is 1.67. The van der Waals surface area contributed by atoms with E-state index >= 15 is 0 Å². The van der Waals surface area contributed by atoms with Crippen LogP contribution in [0.3, 0.4) is 0 Å². The van der Waals surface area contributed by atoms with Crippen LogP contribution in [0.25, 0.3) is 0 Å². The molecule has 1 atom stereocenters. The second-order valence-electron chi connectivity index (χ2n) is 6.72. The van der Waals surface area contributed by atoms with E-state index in [4.69, 9.17) is 0 Å². The van der Waals surface area contributed by atoms with E-state index < -0.39 is 22.1 Å². The van der Waals surface area contributed by atoms with Gasteiger partial charge in [-0.2, -0.15) is 13.2 Å². The Bertz CT molecular complexity index is 941. The molecule has 0 saturated carbocycles. The molecule has 2 aromatic rings. The molecule has 0 saturated heterocycles. The maximum absolute atomic E-state index is 12.5. The van der Waals surface area contributed by atoms with E-state index in [1.54, 1.807) is 5.32 Å². The van der Waals surface area contributed by atoms with Gasteiger partial charge in [-0.25, -0.2) is 13.1 Å². The molecule has 0 bridgehead atoms. The van der Waals surface area contributed by atoms with Crippen molar-refractivity contribution in [2.24, 2.45) is 0 Å². The van der Waals surface area contributed by atoms with E-state index in [1.165, 1.54) is 0 Å². The number of alkyl halides is 3. The quantitative estimate of drug-likeness (QED) is 0.709. The molecular weight excluding hydrogens is 407 g/mol. The molecule has 2 aromatic carbocycles. The third-order valence-corrected chi connectivity index (χ3v) is 5.67. The summed E-state index contributed by atoms with van der Waals surface area (Å²) in [6, 6.07) is 12.0. The van der Waals surface area contributed by atoms with Crippen molar-refractivity contribution in [2.45, 2.75) is 24.0 Å². The number of likely N-dealkylation sites (N-methyl/N-ethyl adjacent to an activating group) is 1. The average Bonchev–Trinajstić information content (AvgIpc) is 2.62. The molecule has 6 nitrogen and oxygen atoms in total. The Morgan fingerprint density at radius 1 is 1.03 bits per heavy atom. The van der Waals surface area contributed by atoms with Gasteiger partial charge in [0, 0.05) is 18.3 Å². The molecule has 0 aliphatic heterocycles. The Balaban J connectivity index is 2.10. The molecule has 0 heterocycles. The van der Waals surface area contributed by atoms with Gasteiger partial charge in [-0.15, -0.1) is 0 Å². The molecule has 0 aliphatic carbocycles. The van der Waals surface area contributed by atoms with Gasteiger partial charge in [0.05, 0.1) is 4.90 Å². The van der Waals surface area contributed by atoms with Crippen LogP contribution < -0.4 is 10.0 Å². The zero-order valence-electron chi connectivity index (χ0n) is 16.1. The van der Waals surface area contributed by atoms with Crippen LogP contribution in [-0.2, 0) is 14.8 Å². The second-order valence-corrected chi connectivity index (χ2v) is 8.49. The van der Waals surface area contributed by atoms with E-state index in [1.807, 2.05) is 50.2 Å². The Morgan fingerprint density at radius 2 is 1.59 bits per heavy atom. The van der Waals surface area contributed by atoms with Gasteiger partial charge in [0.1, 0.15) is 0 Å². The van der Waals surface area contributed by atoms with Gasteiger partial charge in [-0.3, -0.25) is 4.79 Å². The summed E-state index contributed by atoms with van der Waals surface area (Å²) >= 11 is 0. The van der Waals surface area contributed by atoms with Crippen molar-refractivity contribution in [3.63, 3.8) is 0 Å². The smallest absolute Gasteiger partial charge is 0.318 e. The van der Waals surface area contributed by atoms with Gasteiger partial charge in [0.15, 0.2) is 0 Å². The number of aryl methyl sites for hydroxylation is 1. The summed E-state index contributed by atoms with van der Waals surface area (Å²) in [5.74, 6) is -2.13. The number of hydrogen-bond acceptors (Lipinski definition) is 4. The van der Waals surface area contributed by atoms with Crippen molar-refractivity contribution in [1.82, 2.24) is 9.62 Å². The normalized spacial score (nSPS) is 13.3. The largest absolute Gasteiger partial charge is 0.471 e. The molecule has 0 aliphatic rings. The number of benzene rings is 2. The van der Waals surface area contributed by atoms with Crippen LogP contribution in [-0.4, -0.2) is 46.0 Å². The molecule has 29 heavy (non-hydrogen) atoms. The van der Waals surface area contributed by atoms with Crippen molar-refractivity contribution in [2.75, 3.05) is 26.0 Å². The lowest BCUT2D eigenvalue weighted by molar-refractivity contribution is -0.167. The third-order valence-electron chi connectivity index (χ3n) is 4.23. The fourth-order valence-electron chi connectivity index (χ4n) is 2.58. The van der Waals surface area contributed by atoms with Gasteiger partial charge in [-0.05, 0) is 50.8 Å². The van der Waals surface area contributed by atoms with Crippen molar-refractivity contribution in [3.8, 4) is 0 Å². The maximum Gasteiger partial charge on any atom is 0.471 e. The minimum atomic E-state index is -5.02. The molecule has 10 heteroatoms. The molecule has 0 radical (unpaired) electrons. The Labute approximate surface area is 167 Å². The van der Waals surface area contributed by atoms with Crippen LogP contribution in [0.1, 0.15) is 17.2 Å². The highest BCUT2D eigenvalue weighted by Gasteiger charge is 2.38. The Morgan fingerprint density at radius 3 is 2.07 bits per heavy atom. The van der Waals surface area contributed by atoms with Crippen molar-refractivity contribution in [3.05, 3.63) is 59.7 Å². The third kappa shape index (κ3) is 6.28. The number of sulfonamides is 1. The van der Waals surface area contributed by atoms with Crippen LogP contribution in [0.2, 0.25) is 0 Å². The summed E-state index contributed by atoms with van der Waals surface area (Å²) in [6.45, 7) is 2.06. The number of halogens is 3. The second kappa shape index (κ2) is 8.93. The van der Waals surface area contributed by atoms with Crippen LogP contribution in [0.15, 0.2) is 53.4 Å². The predicted octanol–water partition coefficient (Wildman–Crippen LogP) is 3.08. The minimum absolute atomic E-state index is 0.102. The number of anilines is 1. The van der Waals surface area contributed by atoms with Crippen molar-refractivity contribution >= 4 is 21.6 Å². The first-order chi connectivity index (χ1) is 13.4. The Hall–Kier alpha value is -2.43. The topological polar surface area (TPSA) is 78.5 Å². The standard InChI is InChI=1S/C19H22F3N3O3S/c1-13-4-6-14(7-5-13)17(25(2)3)12-23-29(27,28)16-10-8-15(9-11-16)24-18(26)19(20,21)22/h4-11,17,23H,12H2,1-3H3,(H,24,26). The molecule has 0 aromatic heterocycles. The highest BCUT2D eigenvalue weighted by Crippen LogP contribution is 2.21. The van der Waals surface area contributed by atoms with E-state index in [0.29, 0.717) is 0 Å². The van der Waals surface area contributed by atoms with Gasteiger partial charge >= 0.3 is 12.1 Å². The van der Waals surface area contributed by atoms with Crippen LogP contribution in [0.4, 0.5) is 18.9 Å². The SMILES string of the molecule is Cc1ccc(C(CNS(=O)(=O)c2ccc(NC(=O)C(F)(F)F)cc2)N(C)C)cc1. The number of nitrogens with zero attached hydrogens (tertiary/aromatic N) is 1. The molecule has 158 valence electrons. The van der Waals surface area contributed by atoms with E-state index in [2.05, 4.69) is 4.72 Å². The molecular formula is C19H22F3N3O3S. The number of carbonyl (C=O) groups excluding carboxylic acids is 1. The minimum Gasteiger partial charge on any atom is -0.318 e. The lowest BCUT2D eigenvalue weighted by Crippen LogP contribution is -2.34. The summed E-state index contributed by atoms with van der Waals surface area (Å²) in [5.41, 5.74) is 1.87. The summed E-state index contributed by atoms with van der Waals surface area (Å²) in [4.78, 5) is 12.7.